The Bertz CT molecular complexity index is 647. The monoisotopic (exact) mass is 505 g/mol. The van der Waals surface area contributed by atoms with E-state index in [9.17, 15) is 17.2 Å². The molecule has 23 heavy (non-hydrogen) atoms. The standard InChI is InChI=1S/C7H6Cl5F2N3O2S4/c1-17(22-7(11,12)14)23(18,19)4-3(8)16-5(21-4)15-2-20-6(9,10)13/h2H2,1H3,(H,15,16). The smallest absolute Gasteiger partial charge is 0.319 e. The molecule has 1 heterocycles. The zero-order chi connectivity index (χ0) is 18.1. The number of thiazole rings is 1. The Labute approximate surface area is 168 Å². The van der Waals surface area contributed by atoms with Gasteiger partial charge in [-0.2, -0.15) is 8.78 Å². The van der Waals surface area contributed by atoms with E-state index in [0.717, 1.165) is 7.05 Å². The van der Waals surface area contributed by atoms with Crippen LogP contribution in [-0.4, -0.2) is 37.9 Å². The maximum Gasteiger partial charge on any atom is 0.319 e. The lowest BCUT2D eigenvalue weighted by Crippen LogP contribution is -2.23. The van der Waals surface area contributed by atoms with Gasteiger partial charge in [0.25, 0.3) is 10.0 Å². The number of aromatic nitrogens is 1. The number of nitrogens with one attached hydrogen (secondary N) is 1. The van der Waals surface area contributed by atoms with Crippen LogP contribution in [0.5, 0.6) is 0 Å². The molecule has 0 bridgehead atoms. The van der Waals surface area contributed by atoms with E-state index in [2.05, 4.69) is 10.3 Å². The summed E-state index contributed by atoms with van der Waals surface area (Å²) < 4.78 is 45.3. The van der Waals surface area contributed by atoms with Crippen molar-refractivity contribution in [1.29, 1.82) is 0 Å². The summed E-state index contributed by atoms with van der Waals surface area (Å²) in [5.41, 5.74) is 0. The van der Waals surface area contributed by atoms with Crippen LogP contribution in [0.4, 0.5) is 13.9 Å². The lowest BCUT2D eigenvalue weighted by Gasteiger charge is -2.17. The first-order valence-electron chi connectivity index (χ1n) is 5.08. The fourth-order valence-corrected chi connectivity index (χ4v) is 6.64. The Morgan fingerprint density at radius 1 is 1.30 bits per heavy atom. The van der Waals surface area contributed by atoms with E-state index < -0.39 is 17.9 Å². The largest absolute Gasteiger partial charge is 0.352 e. The number of hydrogen-bond acceptors (Lipinski definition) is 7. The molecule has 1 aromatic heterocycles. The highest BCUT2D eigenvalue weighted by molar-refractivity contribution is 8.11. The minimum Gasteiger partial charge on any atom is -0.352 e. The molecule has 5 nitrogen and oxygen atoms in total. The molecule has 0 radical (unpaired) electrons. The fourth-order valence-electron chi connectivity index (χ4n) is 1.01. The lowest BCUT2D eigenvalue weighted by molar-refractivity contribution is 0.505. The van der Waals surface area contributed by atoms with Crippen LogP contribution >= 0.6 is 93.1 Å². The number of nitrogens with zero attached hydrogens (tertiary/aromatic N) is 2. The molecule has 0 amide bonds. The number of rotatable bonds is 8. The number of thioether (sulfide) groups is 1. The summed E-state index contributed by atoms with van der Waals surface area (Å²) in [4.78, 5) is 3.75. The molecule has 0 fully saturated rings. The summed E-state index contributed by atoms with van der Waals surface area (Å²) in [5, 5.41) is 2.30. The number of alkyl halides is 6. The molecule has 0 aromatic carbocycles. The summed E-state index contributed by atoms with van der Waals surface area (Å²) in [6, 6.07) is 0. The van der Waals surface area contributed by atoms with Gasteiger partial charge in [0.05, 0.1) is 5.88 Å². The van der Waals surface area contributed by atoms with E-state index in [4.69, 9.17) is 58.0 Å². The maximum absolute atomic E-state index is 13.1. The SMILES string of the molecule is CN(SC(F)(Cl)Cl)S(=O)(=O)c1sc(NCSC(F)(Cl)Cl)nc1Cl. The predicted octanol–water partition coefficient (Wildman–Crippen LogP) is 5.28. The summed E-state index contributed by atoms with van der Waals surface area (Å²) >= 11 is 27.4. The third-order valence-electron chi connectivity index (χ3n) is 1.82. The van der Waals surface area contributed by atoms with Crippen molar-refractivity contribution in [2.24, 2.45) is 0 Å². The molecule has 0 saturated heterocycles. The summed E-state index contributed by atoms with van der Waals surface area (Å²) in [5.74, 6) is -0.103. The molecule has 1 rings (SSSR count). The van der Waals surface area contributed by atoms with Crippen LogP contribution in [0.3, 0.4) is 0 Å². The average Bonchev–Trinajstić information content (AvgIpc) is 2.67. The number of hydrogen-bond donors (Lipinski definition) is 1. The van der Waals surface area contributed by atoms with Gasteiger partial charge >= 0.3 is 7.84 Å². The van der Waals surface area contributed by atoms with Gasteiger partial charge in [0.2, 0.25) is 0 Å². The topological polar surface area (TPSA) is 62.3 Å². The third kappa shape index (κ3) is 7.63. The molecule has 0 saturated carbocycles. The summed E-state index contributed by atoms with van der Waals surface area (Å²) in [6.07, 6.45) is 0. The van der Waals surface area contributed by atoms with E-state index in [0.29, 0.717) is 26.8 Å². The molecule has 0 aliphatic heterocycles. The van der Waals surface area contributed by atoms with Crippen LogP contribution in [0, 0.1) is 0 Å². The Morgan fingerprint density at radius 3 is 2.35 bits per heavy atom. The van der Waals surface area contributed by atoms with Gasteiger partial charge in [-0.05, 0) is 0 Å². The first-order valence-corrected chi connectivity index (χ1v) is 11.0. The highest BCUT2D eigenvalue weighted by Gasteiger charge is 2.35. The van der Waals surface area contributed by atoms with E-state index in [1.54, 1.807) is 0 Å². The highest BCUT2D eigenvalue weighted by Crippen LogP contribution is 2.42. The van der Waals surface area contributed by atoms with Gasteiger partial charge in [0.1, 0.15) is 0 Å². The third-order valence-corrected chi connectivity index (χ3v) is 8.31. The lowest BCUT2D eigenvalue weighted by atomic mass is 11.0. The quantitative estimate of drug-likeness (QED) is 0.293. The Kier molecular flexibility index (Phi) is 8.14. The minimum absolute atomic E-state index is 0.0185. The Hall–Kier alpha value is 1.35. The van der Waals surface area contributed by atoms with Crippen molar-refractivity contribution in [1.82, 2.24) is 8.69 Å². The predicted molar refractivity (Wildman–Crippen MR) is 96.8 cm³/mol. The van der Waals surface area contributed by atoms with Crippen molar-refractivity contribution in [2.75, 3.05) is 18.2 Å². The molecule has 0 aliphatic carbocycles. The van der Waals surface area contributed by atoms with Crippen LogP contribution in [0.2, 0.25) is 5.15 Å². The average molecular weight is 508 g/mol. The van der Waals surface area contributed by atoms with Gasteiger partial charge in [0.15, 0.2) is 14.5 Å². The highest BCUT2D eigenvalue weighted by atomic mass is 35.5. The zero-order valence-corrected chi connectivity index (χ0v) is 17.7. The van der Waals surface area contributed by atoms with Crippen LogP contribution in [-0.2, 0) is 10.0 Å². The molecular weight excluding hydrogens is 502 g/mol. The van der Waals surface area contributed by atoms with Crippen molar-refractivity contribution >= 4 is 108 Å². The van der Waals surface area contributed by atoms with Crippen molar-refractivity contribution in [3.63, 3.8) is 0 Å². The first kappa shape index (κ1) is 22.4. The Morgan fingerprint density at radius 2 is 1.87 bits per heavy atom. The number of halogens is 7. The maximum atomic E-state index is 13.1. The molecule has 1 N–H and O–H groups in total. The van der Waals surface area contributed by atoms with Gasteiger partial charge in [-0.25, -0.2) is 13.4 Å². The van der Waals surface area contributed by atoms with E-state index in [-0.39, 0.29) is 32.3 Å². The normalized spacial score (nSPS) is 13.6. The second-order valence-corrected chi connectivity index (χ2v) is 13.0. The Balaban J connectivity index is 2.88. The second kappa shape index (κ2) is 8.36. The molecular formula is C7H6Cl5F2N3O2S4. The second-order valence-electron chi connectivity index (χ2n) is 3.46. The van der Waals surface area contributed by atoms with Crippen LogP contribution in [0.15, 0.2) is 4.21 Å². The summed E-state index contributed by atoms with van der Waals surface area (Å²) in [7, 11) is -3.16. The van der Waals surface area contributed by atoms with Gasteiger partial charge in [-0.1, -0.05) is 81.1 Å². The van der Waals surface area contributed by atoms with Crippen molar-refractivity contribution in [3.8, 4) is 0 Å². The molecule has 0 spiro atoms. The van der Waals surface area contributed by atoms with E-state index in [1.165, 1.54) is 0 Å². The van der Waals surface area contributed by atoms with E-state index >= 15 is 0 Å². The minimum atomic E-state index is -4.20. The molecule has 0 aliphatic rings. The van der Waals surface area contributed by atoms with Gasteiger partial charge in [-0.15, -0.1) is 3.71 Å². The zero-order valence-electron chi connectivity index (χ0n) is 10.7. The number of sulfonamides is 1. The van der Waals surface area contributed by atoms with Crippen molar-refractivity contribution < 1.29 is 17.2 Å². The first-order chi connectivity index (χ1) is 10.2. The fraction of sp³-hybridized carbons (Fsp3) is 0.571. The molecule has 134 valence electrons. The van der Waals surface area contributed by atoms with Crippen molar-refractivity contribution in [3.05, 3.63) is 5.15 Å². The van der Waals surface area contributed by atoms with Crippen LogP contribution in [0.25, 0.3) is 0 Å². The van der Waals surface area contributed by atoms with Crippen molar-refractivity contribution in [2.45, 2.75) is 12.0 Å². The molecule has 0 unspecified atom stereocenters. The van der Waals surface area contributed by atoms with Gasteiger partial charge < -0.3 is 5.32 Å². The number of anilines is 1. The molecule has 1 aromatic rings. The summed E-state index contributed by atoms with van der Waals surface area (Å²) in [6.45, 7) is 0. The van der Waals surface area contributed by atoms with Gasteiger partial charge in [0, 0.05) is 19.0 Å². The molecule has 16 heteroatoms. The molecule has 0 atom stereocenters. The van der Waals surface area contributed by atoms with Crippen LogP contribution < -0.4 is 5.32 Å². The van der Waals surface area contributed by atoms with Crippen LogP contribution in [0.1, 0.15) is 0 Å². The van der Waals surface area contributed by atoms with E-state index in [1.807, 2.05) is 0 Å². The van der Waals surface area contributed by atoms with Gasteiger partial charge in [-0.3, -0.25) is 0 Å².